The molecule has 0 fully saturated rings. The summed E-state index contributed by atoms with van der Waals surface area (Å²) in [4.78, 5) is 4.07. The third-order valence-electron chi connectivity index (χ3n) is 1.70. The number of hydrogen-bond acceptors (Lipinski definition) is 3. The maximum atomic E-state index is 9.51. The summed E-state index contributed by atoms with van der Waals surface area (Å²) < 4.78 is 1.30. The van der Waals surface area contributed by atoms with Crippen LogP contribution in [0.5, 0.6) is 5.75 Å². The van der Waals surface area contributed by atoms with Gasteiger partial charge in [-0.25, -0.2) is 4.98 Å². The van der Waals surface area contributed by atoms with Gasteiger partial charge in [0.05, 0.1) is 14.6 Å². The number of aromatic nitrogens is 1. The monoisotopic (exact) mass is 332 g/mol. The molecule has 0 atom stereocenters. The summed E-state index contributed by atoms with van der Waals surface area (Å²) in [6, 6.07) is 3.64. The van der Waals surface area contributed by atoms with Gasteiger partial charge in [0, 0.05) is 10.9 Å². The van der Waals surface area contributed by atoms with Crippen molar-refractivity contribution < 1.29 is 5.11 Å². The first-order chi connectivity index (χ1) is 6.68. The summed E-state index contributed by atoms with van der Waals surface area (Å²) in [5, 5.41) is 11.4. The zero-order valence-corrected chi connectivity index (χ0v) is 10.8. The summed E-state index contributed by atoms with van der Waals surface area (Å²) in [5.74, 6) is 0.202. The van der Waals surface area contributed by atoms with E-state index in [1.54, 1.807) is 0 Å². The van der Waals surface area contributed by atoms with Crippen LogP contribution in [0.2, 0.25) is 0 Å². The fraction of sp³-hybridized carbons (Fsp3) is 0. The van der Waals surface area contributed by atoms with Gasteiger partial charge in [-0.15, -0.1) is 11.3 Å². The standard InChI is InChI=1S/C9H4Br2NOS/c10-6-1-5(2-7(11)9(6)13)8-3-14-4-12-8/h1-3,13H. The minimum atomic E-state index is 0.202. The number of phenolic OH excluding ortho intramolecular Hbond substituents is 1. The maximum Gasteiger partial charge on any atom is 0.152 e. The van der Waals surface area contributed by atoms with Crippen LogP contribution in [0, 0.1) is 5.51 Å². The van der Waals surface area contributed by atoms with Crippen molar-refractivity contribution in [1.29, 1.82) is 0 Å². The fourth-order valence-corrected chi connectivity index (χ4v) is 2.72. The molecule has 2 rings (SSSR count). The zero-order valence-electron chi connectivity index (χ0n) is 6.79. The van der Waals surface area contributed by atoms with Crippen molar-refractivity contribution in [2.24, 2.45) is 0 Å². The molecule has 1 N–H and O–H groups in total. The fourth-order valence-electron chi connectivity index (χ4n) is 1.03. The molecular formula is C9H4Br2NOS. The Morgan fingerprint density at radius 2 is 1.93 bits per heavy atom. The molecule has 0 saturated carbocycles. The number of phenols is 1. The Bertz CT molecular complexity index is 433. The van der Waals surface area contributed by atoms with Crippen LogP contribution in [-0.4, -0.2) is 10.1 Å². The lowest BCUT2D eigenvalue weighted by molar-refractivity contribution is 0.468. The van der Waals surface area contributed by atoms with Crippen molar-refractivity contribution in [2.75, 3.05) is 0 Å². The smallest absolute Gasteiger partial charge is 0.152 e. The molecule has 0 unspecified atom stereocenters. The van der Waals surface area contributed by atoms with E-state index in [4.69, 9.17) is 0 Å². The van der Waals surface area contributed by atoms with Crippen LogP contribution in [0.3, 0.4) is 0 Å². The van der Waals surface area contributed by atoms with Crippen LogP contribution in [0.15, 0.2) is 26.5 Å². The normalized spacial score (nSPS) is 10.4. The van der Waals surface area contributed by atoms with E-state index in [-0.39, 0.29) is 5.75 Å². The molecule has 5 heteroatoms. The lowest BCUT2D eigenvalue weighted by atomic mass is 10.2. The topological polar surface area (TPSA) is 33.1 Å². The third-order valence-corrected chi connectivity index (χ3v) is 3.45. The van der Waals surface area contributed by atoms with Gasteiger partial charge in [0.1, 0.15) is 5.75 Å². The number of rotatable bonds is 1. The minimum absolute atomic E-state index is 0.202. The number of nitrogens with zero attached hydrogens (tertiary/aromatic N) is 1. The van der Waals surface area contributed by atoms with Crippen LogP contribution < -0.4 is 0 Å². The average Bonchev–Trinajstić information content (AvgIpc) is 2.66. The van der Waals surface area contributed by atoms with E-state index in [9.17, 15) is 5.11 Å². The van der Waals surface area contributed by atoms with Crippen LogP contribution in [0.1, 0.15) is 0 Å². The van der Waals surface area contributed by atoms with E-state index in [1.165, 1.54) is 11.3 Å². The van der Waals surface area contributed by atoms with Gasteiger partial charge in [-0.1, -0.05) is 0 Å². The molecule has 1 aromatic heterocycles. The van der Waals surface area contributed by atoms with E-state index in [0.717, 1.165) is 11.3 Å². The Kier molecular flexibility index (Phi) is 2.90. The predicted molar refractivity (Wildman–Crippen MR) is 63.5 cm³/mol. The number of thiazole rings is 1. The molecule has 0 aliphatic heterocycles. The van der Waals surface area contributed by atoms with Crippen molar-refractivity contribution in [3.63, 3.8) is 0 Å². The predicted octanol–water partition coefficient (Wildman–Crippen LogP) is 3.84. The maximum absolute atomic E-state index is 9.51. The molecule has 14 heavy (non-hydrogen) atoms. The molecule has 1 radical (unpaired) electrons. The van der Waals surface area contributed by atoms with E-state index < -0.39 is 0 Å². The molecule has 2 nitrogen and oxygen atoms in total. The van der Waals surface area contributed by atoms with Gasteiger partial charge in [0.25, 0.3) is 0 Å². The first-order valence-corrected chi connectivity index (χ1v) is 6.15. The highest BCUT2D eigenvalue weighted by Gasteiger charge is 2.08. The van der Waals surface area contributed by atoms with Crippen molar-refractivity contribution in [2.45, 2.75) is 0 Å². The summed E-state index contributed by atoms with van der Waals surface area (Å²) >= 11 is 7.96. The first-order valence-electron chi connectivity index (χ1n) is 3.68. The van der Waals surface area contributed by atoms with Gasteiger partial charge in [-0.05, 0) is 44.0 Å². The number of hydrogen-bond donors (Lipinski definition) is 1. The zero-order chi connectivity index (χ0) is 10.1. The van der Waals surface area contributed by atoms with Gasteiger partial charge in [0.2, 0.25) is 0 Å². The van der Waals surface area contributed by atoms with Crippen LogP contribution in [0.4, 0.5) is 0 Å². The minimum Gasteiger partial charge on any atom is -0.506 e. The molecule has 2 aromatic rings. The van der Waals surface area contributed by atoms with E-state index >= 15 is 0 Å². The Morgan fingerprint density at radius 1 is 1.29 bits per heavy atom. The van der Waals surface area contributed by atoms with Gasteiger partial charge in [-0.2, -0.15) is 0 Å². The average molecular weight is 334 g/mol. The molecule has 71 valence electrons. The van der Waals surface area contributed by atoms with Gasteiger partial charge in [0.15, 0.2) is 5.51 Å². The Morgan fingerprint density at radius 3 is 2.43 bits per heavy atom. The summed E-state index contributed by atoms with van der Waals surface area (Å²) in [6.07, 6.45) is 0. The second-order valence-electron chi connectivity index (χ2n) is 2.61. The first kappa shape index (κ1) is 10.1. The molecule has 0 saturated heterocycles. The van der Waals surface area contributed by atoms with Crippen LogP contribution >= 0.6 is 43.2 Å². The largest absolute Gasteiger partial charge is 0.506 e. The molecular weight excluding hydrogens is 330 g/mol. The molecule has 1 heterocycles. The van der Waals surface area contributed by atoms with E-state index in [2.05, 4.69) is 42.4 Å². The molecule has 0 aliphatic rings. The van der Waals surface area contributed by atoms with Crippen LogP contribution in [-0.2, 0) is 0 Å². The lowest BCUT2D eigenvalue weighted by Crippen LogP contribution is -1.79. The highest BCUT2D eigenvalue weighted by atomic mass is 79.9. The Balaban J connectivity index is 2.57. The van der Waals surface area contributed by atoms with E-state index in [1.807, 2.05) is 17.5 Å². The third kappa shape index (κ3) is 1.85. The molecule has 0 bridgehead atoms. The lowest BCUT2D eigenvalue weighted by Gasteiger charge is -2.03. The van der Waals surface area contributed by atoms with Crippen molar-refractivity contribution in [3.8, 4) is 17.0 Å². The number of benzene rings is 1. The molecule has 0 aliphatic carbocycles. The summed E-state index contributed by atoms with van der Waals surface area (Å²) in [5.41, 5.74) is 4.58. The van der Waals surface area contributed by atoms with Gasteiger partial charge >= 0.3 is 0 Å². The van der Waals surface area contributed by atoms with Gasteiger partial charge < -0.3 is 5.11 Å². The molecule has 0 amide bonds. The second kappa shape index (κ2) is 4.00. The Labute approximate surface area is 102 Å². The van der Waals surface area contributed by atoms with Crippen LogP contribution in [0.25, 0.3) is 11.3 Å². The summed E-state index contributed by atoms with van der Waals surface area (Å²) in [6.45, 7) is 0. The molecule has 1 aromatic carbocycles. The quantitative estimate of drug-likeness (QED) is 0.860. The number of halogens is 2. The van der Waals surface area contributed by atoms with Crippen molar-refractivity contribution in [1.82, 2.24) is 4.98 Å². The van der Waals surface area contributed by atoms with Crippen molar-refractivity contribution in [3.05, 3.63) is 32.0 Å². The highest BCUT2D eigenvalue weighted by Crippen LogP contribution is 2.36. The second-order valence-corrected chi connectivity index (χ2v) is 4.98. The molecule has 0 spiro atoms. The summed E-state index contributed by atoms with van der Waals surface area (Å²) in [7, 11) is 0. The van der Waals surface area contributed by atoms with Crippen molar-refractivity contribution >= 4 is 43.2 Å². The highest BCUT2D eigenvalue weighted by molar-refractivity contribution is 9.11. The SMILES string of the molecule is Oc1c(Br)cc(-c2cs[c]n2)cc1Br. The Hall–Kier alpha value is -0.390. The van der Waals surface area contributed by atoms with E-state index in [0.29, 0.717) is 8.95 Å². The number of aromatic hydroxyl groups is 1. The van der Waals surface area contributed by atoms with Gasteiger partial charge in [-0.3, -0.25) is 0 Å².